The molecule has 0 atom stereocenters. The summed E-state index contributed by atoms with van der Waals surface area (Å²) in [4.78, 5) is 16.2. The van der Waals surface area contributed by atoms with Gasteiger partial charge < -0.3 is 14.5 Å². The van der Waals surface area contributed by atoms with Gasteiger partial charge in [-0.05, 0) is 41.5 Å². The summed E-state index contributed by atoms with van der Waals surface area (Å²) in [5.74, 6) is 1.03. The monoisotopic (exact) mass is 415 g/mol. The zero-order valence-electron chi connectivity index (χ0n) is 16.7. The number of carbonyl (C=O) groups excluding carboxylic acids is 1. The molecule has 29 heavy (non-hydrogen) atoms. The second-order valence-corrected chi connectivity index (χ2v) is 10.2. The maximum absolute atomic E-state index is 12.8. The average molecular weight is 416 g/mol. The van der Waals surface area contributed by atoms with Crippen LogP contribution in [0.25, 0.3) is 0 Å². The minimum absolute atomic E-state index is 0.00166. The van der Waals surface area contributed by atoms with E-state index in [2.05, 4.69) is 18.2 Å². The lowest BCUT2D eigenvalue weighted by atomic mass is 10.1. The summed E-state index contributed by atoms with van der Waals surface area (Å²) in [6.45, 7) is 5.05. The number of carbonyl (C=O) groups is 1. The molecule has 0 radical (unpaired) electrons. The number of nitrogens with one attached hydrogen (secondary N) is 1. The minimum Gasteiger partial charge on any atom is -0.493 e. The third-order valence-corrected chi connectivity index (χ3v) is 6.45. The van der Waals surface area contributed by atoms with Gasteiger partial charge in [-0.15, -0.1) is 0 Å². The number of ether oxygens (including phenoxy) is 1. The molecule has 2 aliphatic rings. The number of piperazine rings is 1. The number of benzene rings is 2. The molecule has 2 aromatic carbocycles. The predicted molar refractivity (Wildman–Crippen MR) is 111 cm³/mol. The van der Waals surface area contributed by atoms with Crippen molar-refractivity contribution in [2.45, 2.75) is 18.7 Å². The Kier molecular flexibility index (Phi) is 5.61. The van der Waals surface area contributed by atoms with Crippen LogP contribution in [-0.2, 0) is 28.6 Å². The highest BCUT2D eigenvalue weighted by Crippen LogP contribution is 2.25. The molecule has 0 bridgehead atoms. The van der Waals surface area contributed by atoms with Crippen molar-refractivity contribution in [2.75, 3.05) is 39.0 Å². The Morgan fingerprint density at radius 2 is 1.76 bits per heavy atom. The summed E-state index contributed by atoms with van der Waals surface area (Å²) in [7, 11) is -3.07. The summed E-state index contributed by atoms with van der Waals surface area (Å²) in [6.07, 6.45) is 2.20. The molecule has 1 amide bonds. The van der Waals surface area contributed by atoms with Gasteiger partial charge in [0.2, 0.25) is 0 Å². The van der Waals surface area contributed by atoms with Crippen molar-refractivity contribution >= 4 is 15.7 Å². The highest BCUT2D eigenvalue weighted by atomic mass is 32.2. The van der Waals surface area contributed by atoms with Crippen LogP contribution < -0.4 is 9.64 Å². The molecule has 4 rings (SSSR count). The van der Waals surface area contributed by atoms with Gasteiger partial charge >= 0.3 is 0 Å². The molecule has 0 spiro atoms. The number of nitrogens with zero attached hydrogens (tertiary/aromatic N) is 1. The zero-order chi connectivity index (χ0) is 20.4. The van der Waals surface area contributed by atoms with E-state index in [1.54, 1.807) is 24.3 Å². The van der Waals surface area contributed by atoms with Gasteiger partial charge in [0, 0.05) is 23.8 Å². The highest BCUT2D eigenvalue weighted by molar-refractivity contribution is 7.89. The molecule has 2 heterocycles. The number of sulfone groups is 1. The van der Waals surface area contributed by atoms with Crippen molar-refractivity contribution in [1.29, 1.82) is 0 Å². The predicted octanol–water partition coefficient (Wildman–Crippen LogP) is 0.707. The van der Waals surface area contributed by atoms with Gasteiger partial charge in [-0.2, -0.15) is 0 Å². The lowest BCUT2D eigenvalue weighted by Gasteiger charge is -2.32. The van der Waals surface area contributed by atoms with E-state index in [1.165, 1.54) is 22.3 Å². The number of fused-ring (bicyclic) bond motifs is 1. The standard InChI is InChI=1S/C22H26N2O4S/c1-29(26,27)16-17-2-5-19(6-3-17)22(25)24-11-9-23(10-12-24)15-18-4-7-21-20(14-18)8-13-28-21/h2-7,14H,8-13,15-16H2,1H3/p+1. The molecular weight excluding hydrogens is 388 g/mol. The van der Waals surface area contributed by atoms with E-state index in [0.29, 0.717) is 11.1 Å². The molecule has 1 fully saturated rings. The van der Waals surface area contributed by atoms with Gasteiger partial charge in [-0.1, -0.05) is 12.1 Å². The van der Waals surface area contributed by atoms with Crippen molar-refractivity contribution in [1.82, 2.24) is 4.90 Å². The first-order valence-corrected chi connectivity index (χ1v) is 12.1. The molecule has 1 N–H and O–H groups in total. The Bertz CT molecular complexity index is 994. The van der Waals surface area contributed by atoms with E-state index < -0.39 is 9.84 Å². The number of hydrogen-bond donors (Lipinski definition) is 1. The maximum Gasteiger partial charge on any atom is 0.254 e. The van der Waals surface area contributed by atoms with Crippen molar-refractivity contribution in [3.8, 4) is 5.75 Å². The zero-order valence-corrected chi connectivity index (χ0v) is 17.5. The van der Waals surface area contributed by atoms with Crippen LogP contribution in [0.4, 0.5) is 0 Å². The number of quaternary nitrogens is 1. The minimum atomic E-state index is -3.07. The SMILES string of the molecule is CS(=O)(=O)Cc1ccc(C(=O)N2CC[NH+](Cc3ccc4c(c3)CCO4)CC2)cc1. The number of amides is 1. The molecule has 7 heteroatoms. The van der Waals surface area contributed by atoms with Crippen LogP contribution in [0, 0.1) is 0 Å². The van der Waals surface area contributed by atoms with Crippen LogP contribution in [0.15, 0.2) is 42.5 Å². The Hall–Kier alpha value is -2.38. The summed E-state index contributed by atoms with van der Waals surface area (Å²) in [5.41, 5.74) is 3.95. The fourth-order valence-corrected chi connectivity index (χ4v) is 4.87. The second-order valence-electron chi connectivity index (χ2n) is 8.03. The molecule has 154 valence electrons. The van der Waals surface area contributed by atoms with Crippen LogP contribution >= 0.6 is 0 Å². The van der Waals surface area contributed by atoms with Crippen molar-refractivity contribution in [3.05, 3.63) is 64.7 Å². The first-order chi connectivity index (χ1) is 13.9. The van der Waals surface area contributed by atoms with Crippen molar-refractivity contribution in [2.24, 2.45) is 0 Å². The third-order valence-electron chi connectivity index (χ3n) is 5.60. The van der Waals surface area contributed by atoms with Crippen molar-refractivity contribution < 1.29 is 22.8 Å². The van der Waals surface area contributed by atoms with E-state index in [0.717, 1.165) is 51.5 Å². The highest BCUT2D eigenvalue weighted by Gasteiger charge is 2.25. The second kappa shape index (κ2) is 8.16. The molecule has 0 unspecified atom stereocenters. The first kappa shape index (κ1) is 19.9. The Balaban J connectivity index is 1.31. The smallest absolute Gasteiger partial charge is 0.254 e. The third kappa shape index (κ3) is 4.97. The topological polar surface area (TPSA) is 68.1 Å². The molecule has 0 aromatic heterocycles. The molecular formula is C22H27N2O4S+. The molecule has 0 saturated carbocycles. The summed E-state index contributed by atoms with van der Waals surface area (Å²) in [5, 5.41) is 0. The fourth-order valence-electron chi connectivity index (χ4n) is 4.07. The Morgan fingerprint density at radius 1 is 1.07 bits per heavy atom. The average Bonchev–Trinajstić information content (AvgIpc) is 3.15. The normalized spacial score (nSPS) is 17.1. The summed E-state index contributed by atoms with van der Waals surface area (Å²) >= 11 is 0. The fraction of sp³-hybridized carbons (Fsp3) is 0.409. The van der Waals surface area contributed by atoms with Crippen LogP contribution in [0.3, 0.4) is 0 Å². The van der Waals surface area contributed by atoms with E-state index >= 15 is 0 Å². The van der Waals surface area contributed by atoms with Crippen LogP contribution in [0.5, 0.6) is 5.75 Å². The molecule has 1 saturated heterocycles. The number of hydrogen-bond acceptors (Lipinski definition) is 4. The van der Waals surface area contributed by atoms with E-state index in [-0.39, 0.29) is 11.7 Å². The molecule has 2 aliphatic heterocycles. The summed E-state index contributed by atoms with van der Waals surface area (Å²) < 4.78 is 28.4. The van der Waals surface area contributed by atoms with E-state index in [1.807, 2.05) is 4.90 Å². The largest absolute Gasteiger partial charge is 0.493 e. The van der Waals surface area contributed by atoms with Crippen molar-refractivity contribution in [3.63, 3.8) is 0 Å². The van der Waals surface area contributed by atoms with Gasteiger partial charge in [0.05, 0.1) is 38.5 Å². The van der Waals surface area contributed by atoms with E-state index in [9.17, 15) is 13.2 Å². The molecule has 6 nitrogen and oxygen atoms in total. The van der Waals surface area contributed by atoms with Gasteiger partial charge in [0.25, 0.3) is 5.91 Å². The van der Waals surface area contributed by atoms with Crippen LogP contribution in [0.2, 0.25) is 0 Å². The summed E-state index contributed by atoms with van der Waals surface area (Å²) in [6, 6.07) is 13.4. The lowest BCUT2D eigenvalue weighted by molar-refractivity contribution is -0.917. The molecule has 0 aliphatic carbocycles. The van der Waals surface area contributed by atoms with E-state index in [4.69, 9.17) is 4.74 Å². The van der Waals surface area contributed by atoms with Gasteiger partial charge in [-0.3, -0.25) is 4.79 Å². The first-order valence-electron chi connectivity index (χ1n) is 10.0. The van der Waals surface area contributed by atoms with Crippen LogP contribution in [0.1, 0.15) is 27.0 Å². The Labute approximate surface area is 172 Å². The lowest BCUT2D eigenvalue weighted by Crippen LogP contribution is -3.13. The molecule has 2 aromatic rings. The van der Waals surface area contributed by atoms with Gasteiger partial charge in [0.1, 0.15) is 12.3 Å². The Morgan fingerprint density at radius 3 is 2.45 bits per heavy atom. The van der Waals surface area contributed by atoms with Crippen LogP contribution in [-0.4, -0.2) is 58.3 Å². The quantitative estimate of drug-likeness (QED) is 0.781. The van der Waals surface area contributed by atoms with Gasteiger partial charge in [-0.25, -0.2) is 8.42 Å². The number of rotatable bonds is 5. The van der Waals surface area contributed by atoms with Gasteiger partial charge in [0.15, 0.2) is 9.84 Å². The maximum atomic E-state index is 12.8.